The second kappa shape index (κ2) is 3.07. The minimum atomic E-state index is 0.301. The Morgan fingerprint density at radius 1 is 1.42 bits per heavy atom. The van der Waals surface area contributed by atoms with E-state index in [2.05, 4.69) is 15.3 Å². The van der Waals surface area contributed by atoms with E-state index < -0.39 is 0 Å². The van der Waals surface area contributed by atoms with Crippen LogP contribution < -0.4 is 5.32 Å². The van der Waals surface area contributed by atoms with Gasteiger partial charge in [-0.15, -0.1) is 0 Å². The number of hydrogen-bond donors (Lipinski definition) is 1. The molecular weight excluding hydrogens is 197 g/mol. The number of anilines is 1. The van der Waals surface area contributed by atoms with Crippen LogP contribution in [-0.4, -0.2) is 16.0 Å². The number of halogens is 2. The lowest BCUT2D eigenvalue weighted by atomic mass is 10.6. The van der Waals surface area contributed by atoms with Crippen molar-refractivity contribution >= 4 is 29.2 Å². The summed E-state index contributed by atoms with van der Waals surface area (Å²) < 4.78 is 0. The van der Waals surface area contributed by atoms with E-state index in [1.54, 1.807) is 0 Å². The summed E-state index contributed by atoms with van der Waals surface area (Å²) in [5.41, 5.74) is 0. The van der Waals surface area contributed by atoms with Gasteiger partial charge in [-0.3, -0.25) is 0 Å². The summed E-state index contributed by atoms with van der Waals surface area (Å²) in [6.07, 6.45) is 3.87. The maximum absolute atomic E-state index is 5.69. The largest absolute Gasteiger partial charge is 0.351 e. The standard InChI is InChI=1S/C7H7Cl2N3/c8-5-3-10-7(12-6(5)9)11-4-1-2-4/h3-4H,1-2H2,(H,10,11,12). The van der Waals surface area contributed by atoms with Crippen molar-refractivity contribution in [3.63, 3.8) is 0 Å². The molecule has 2 rings (SSSR count). The van der Waals surface area contributed by atoms with Gasteiger partial charge in [-0.25, -0.2) is 4.98 Å². The average molecular weight is 204 g/mol. The normalized spacial score (nSPS) is 16.2. The third-order valence-corrected chi connectivity index (χ3v) is 2.27. The molecule has 0 aliphatic heterocycles. The molecule has 0 radical (unpaired) electrons. The van der Waals surface area contributed by atoms with Crippen molar-refractivity contribution in [1.29, 1.82) is 0 Å². The SMILES string of the molecule is Clc1cnc(NC2CC2)nc1Cl. The van der Waals surface area contributed by atoms with Gasteiger partial charge in [-0.05, 0) is 12.8 Å². The summed E-state index contributed by atoms with van der Waals surface area (Å²) in [5.74, 6) is 0.562. The molecule has 0 atom stereocenters. The molecule has 0 unspecified atom stereocenters. The lowest BCUT2D eigenvalue weighted by Crippen LogP contribution is -2.04. The number of aromatic nitrogens is 2. The van der Waals surface area contributed by atoms with Gasteiger partial charge in [0.15, 0.2) is 5.15 Å². The molecule has 0 aromatic carbocycles. The van der Waals surface area contributed by atoms with Gasteiger partial charge in [0.25, 0.3) is 0 Å². The smallest absolute Gasteiger partial charge is 0.224 e. The number of hydrogen-bond acceptors (Lipinski definition) is 3. The molecule has 12 heavy (non-hydrogen) atoms. The van der Waals surface area contributed by atoms with E-state index in [1.807, 2.05) is 0 Å². The average Bonchev–Trinajstić information content (AvgIpc) is 2.81. The zero-order chi connectivity index (χ0) is 8.55. The van der Waals surface area contributed by atoms with Crippen LogP contribution >= 0.6 is 23.2 Å². The van der Waals surface area contributed by atoms with E-state index in [1.165, 1.54) is 19.0 Å². The number of nitrogens with one attached hydrogen (secondary N) is 1. The molecule has 1 aromatic rings. The Kier molecular flexibility index (Phi) is 2.07. The molecule has 1 aliphatic carbocycles. The van der Waals surface area contributed by atoms with Gasteiger partial charge in [0.05, 0.1) is 11.2 Å². The lowest BCUT2D eigenvalue weighted by molar-refractivity contribution is 1.05. The molecule has 1 aromatic heterocycles. The Morgan fingerprint density at radius 2 is 2.17 bits per heavy atom. The third-order valence-electron chi connectivity index (χ3n) is 1.61. The molecule has 3 nitrogen and oxygen atoms in total. The maximum Gasteiger partial charge on any atom is 0.224 e. The van der Waals surface area contributed by atoms with Gasteiger partial charge in [0.2, 0.25) is 5.95 Å². The molecule has 1 saturated carbocycles. The quantitative estimate of drug-likeness (QED) is 0.751. The van der Waals surface area contributed by atoms with Crippen LogP contribution in [0.25, 0.3) is 0 Å². The molecule has 1 aliphatic rings. The maximum atomic E-state index is 5.69. The number of nitrogens with zero attached hydrogens (tertiary/aromatic N) is 2. The zero-order valence-corrected chi connectivity index (χ0v) is 7.73. The van der Waals surface area contributed by atoms with E-state index in [-0.39, 0.29) is 0 Å². The van der Waals surface area contributed by atoms with Gasteiger partial charge < -0.3 is 5.32 Å². The summed E-state index contributed by atoms with van der Waals surface area (Å²) >= 11 is 11.3. The van der Waals surface area contributed by atoms with Gasteiger partial charge in [-0.1, -0.05) is 23.2 Å². The third kappa shape index (κ3) is 1.79. The van der Waals surface area contributed by atoms with Crippen LogP contribution in [0.4, 0.5) is 5.95 Å². The fraction of sp³-hybridized carbons (Fsp3) is 0.429. The number of rotatable bonds is 2. The van der Waals surface area contributed by atoms with Gasteiger partial charge >= 0.3 is 0 Å². The highest BCUT2D eigenvalue weighted by atomic mass is 35.5. The Balaban J connectivity index is 2.15. The fourth-order valence-electron chi connectivity index (χ4n) is 0.826. The molecule has 1 N–H and O–H groups in total. The van der Waals surface area contributed by atoms with Crippen molar-refractivity contribution < 1.29 is 0 Å². The Labute approximate surface area is 80.1 Å². The summed E-state index contributed by atoms with van der Waals surface area (Å²) in [5, 5.41) is 3.81. The first kappa shape index (κ1) is 8.08. The molecule has 0 amide bonds. The summed E-state index contributed by atoms with van der Waals surface area (Å²) in [6.45, 7) is 0. The molecule has 0 bridgehead atoms. The lowest BCUT2D eigenvalue weighted by Gasteiger charge is -2.01. The highest BCUT2D eigenvalue weighted by molar-refractivity contribution is 6.41. The van der Waals surface area contributed by atoms with Gasteiger partial charge in [0, 0.05) is 6.04 Å². The predicted molar refractivity (Wildman–Crippen MR) is 48.7 cm³/mol. The molecule has 1 heterocycles. The molecule has 1 fully saturated rings. The first-order chi connectivity index (χ1) is 5.75. The highest BCUT2D eigenvalue weighted by Gasteiger charge is 2.21. The van der Waals surface area contributed by atoms with Gasteiger partial charge in [0.1, 0.15) is 0 Å². The van der Waals surface area contributed by atoms with Crippen molar-refractivity contribution in [1.82, 2.24) is 9.97 Å². The van der Waals surface area contributed by atoms with Crippen LogP contribution in [0.5, 0.6) is 0 Å². The van der Waals surface area contributed by atoms with E-state index in [0.717, 1.165) is 0 Å². The summed E-state index contributed by atoms with van der Waals surface area (Å²) in [7, 11) is 0. The molecule has 64 valence electrons. The first-order valence-corrected chi connectivity index (χ1v) is 4.46. The molecular formula is C7H7Cl2N3. The summed E-state index contributed by atoms with van der Waals surface area (Å²) in [4.78, 5) is 7.94. The molecule has 5 heteroatoms. The van der Waals surface area contributed by atoms with Crippen LogP contribution in [0, 0.1) is 0 Å². The minimum absolute atomic E-state index is 0.301. The van der Waals surface area contributed by atoms with Crippen LogP contribution in [0.3, 0.4) is 0 Å². The van der Waals surface area contributed by atoms with Crippen LogP contribution in [-0.2, 0) is 0 Å². The predicted octanol–water partition coefficient (Wildman–Crippen LogP) is 2.36. The monoisotopic (exact) mass is 203 g/mol. The molecule has 0 spiro atoms. The van der Waals surface area contributed by atoms with E-state index >= 15 is 0 Å². The van der Waals surface area contributed by atoms with Crippen molar-refractivity contribution in [2.75, 3.05) is 5.32 Å². The fourth-order valence-corrected chi connectivity index (χ4v) is 1.05. The van der Waals surface area contributed by atoms with Crippen molar-refractivity contribution in [3.8, 4) is 0 Å². The Hall–Kier alpha value is -0.540. The highest BCUT2D eigenvalue weighted by Crippen LogP contribution is 2.24. The minimum Gasteiger partial charge on any atom is -0.351 e. The molecule has 0 saturated heterocycles. The van der Waals surface area contributed by atoms with Crippen LogP contribution in [0.2, 0.25) is 10.2 Å². The second-order valence-electron chi connectivity index (χ2n) is 2.75. The van der Waals surface area contributed by atoms with E-state index in [0.29, 0.717) is 22.2 Å². The van der Waals surface area contributed by atoms with Crippen molar-refractivity contribution in [2.24, 2.45) is 0 Å². The zero-order valence-electron chi connectivity index (χ0n) is 6.22. The van der Waals surface area contributed by atoms with E-state index in [9.17, 15) is 0 Å². The van der Waals surface area contributed by atoms with Crippen molar-refractivity contribution in [3.05, 3.63) is 16.4 Å². The van der Waals surface area contributed by atoms with Crippen LogP contribution in [0.15, 0.2) is 6.20 Å². The van der Waals surface area contributed by atoms with Crippen molar-refractivity contribution in [2.45, 2.75) is 18.9 Å². The van der Waals surface area contributed by atoms with Crippen LogP contribution in [0.1, 0.15) is 12.8 Å². The summed E-state index contributed by atoms with van der Waals surface area (Å²) in [6, 6.07) is 0.530. The van der Waals surface area contributed by atoms with E-state index in [4.69, 9.17) is 23.2 Å². The Bertz CT molecular complexity index is 299. The first-order valence-electron chi connectivity index (χ1n) is 3.70. The topological polar surface area (TPSA) is 37.8 Å². The Morgan fingerprint density at radius 3 is 2.75 bits per heavy atom. The van der Waals surface area contributed by atoms with Gasteiger partial charge in [-0.2, -0.15) is 4.98 Å². The second-order valence-corrected chi connectivity index (χ2v) is 3.52.